The molecule has 0 aromatic heterocycles. The van der Waals surface area contributed by atoms with E-state index in [9.17, 15) is 4.79 Å². The number of fused-ring (bicyclic) bond motifs is 1. The molecule has 1 heterocycles. The Morgan fingerprint density at radius 1 is 1.04 bits per heavy atom. The molecule has 0 saturated heterocycles. The van der Waals surface area contributed by atoms with Crippen molar-refractivity contribution in [3.05, 3.63) is 53.1 Å². The van der Waals surface area contributed by atoms with Gasteiger partial charge in [-0.2, -0.15) is 0 Å². The zero-order valence-electron chi connectivity index (χ0n) is 13.2. The second kappa shape index (κ2) is 7.93. The maximum atomic E-state index is 11.9. The molecule has 1 aliphatic heterocycles. The first kappa shape index (κ1) is 16.5. The van der Waals surface area contributed by atoms with Gasteiger partial charge in [-0.3, -0.25) is 0 Å². The minimum absolute atomic E-state index is 0.244. The van der Waals surface area contributed by atoms with Crippen LogP contribution in [0.2, 0.25) is 5.02 Å². The number of hydrogen-bond acceptors (Lipinski definition) is 3. The Hall–Kier alpha value is -2.40. The molecule has 5 nitrogen and oxygen atoms in total. The van der Waals surface area contributed by atoms with Crippen LogP contribution in [0.3, 0.4) is 0 Å². The Morgan fingerprint density at radius 2 is 1.79 bits per heavy atom. The number of carbonyl (C=O) groups excluding carboxylic acids is 1. The monoisotopic (exact) mass is 346 g/mol. The van der Waals surface area contributed by atoms with Crippen molar-refractivity contribution in [2.45, 2.75) is 12.8 Å². The number of nitrogens with one attached hydrogen (secondary N) is 2. The van der Waals surface area contributed by atoms with Gasteiger partial charge in [-0.05, 0) is 48.4 Å². The summed E-state index contributed by atoms with van der Waals surface area (Å²) in [6, 6.07) is 12.6. The van der Waals surface area contributed by atoms with Crippen LogP contribution < -0.4 is 20.1 Å². The molecule has 2 amide bonds. The van der Waals surface area contributed by atoms with Crippen molar-refractivity contribution in [1.82, 2.24) is 5.32 Å². The number of carbonyl (C=O) groups is 1. The number of hydrogen-bond donors (Lipinski definition) is 2. The Bertz CT molecular complexity index is 704. The molecule has 24 heavy (non-hydrogen) atoms. The summed E-state index contributed by atoms with van der Waals surface area (Å²) in [4.78, 5) is 11.9. The minimum atomic E-state index is -0.244. The van der Waals surface area contributed by atoms with Gasteiger partial charge in [0.1, 0.15) is 0 Å². The highest BCUT2D eigenvalue weighted by molar-refractivity contribution is 6.30. The molecule has 126 valence electrons. The molecule has 6 heteroatoms. The molecule has 2 aromatic rings. The lowest BCUT2D eigenvalue weighted by atomic mass is 10.1. The third-order valence-electron chi connectivity index (χ3n) is 3.61. The molecule has 0 fully saturated rings. The van der Waals surface area contributed by atoms with Gasteiger partial charge < -0.3 is 20.1 Å². The van der Waals surface area contributed by atoms with E-state index in [1.807, 2.05) is 18.2 Å². The first-order valence-corrected chi connectivity index (χ1v) is 8.27. The maximum Gasteiger partial charge on any atom is 0.319 e. The van der Waals surface area contributed by atoms with Crippen molar-refractivity contribution >= 4 is 23.3 Å². The minimum Gasteiger partial charge on any atom is -0.490 e. The molecule has 1 aliphatic rings. The van der Waals surface area contributed by atoms with Gasteiger partial charge in [0.25, 0.3) is 0 Å². The van der Waals surface area contributed by atoms with Crippen LogP contribution in [-0.4, -0.2) is 25.8 Å². The van der Waals surface area contributed by atoms with Crippen molar-refractivity contribution in [2.24, 2.45) is 0 Å². The van der Waals surface area contributed by atoms with E-state index in [4.69, 9.17) is 21.1 Å². The zero-order valence-corrected chi connectivity index (χ0v) is 13.9. The maximum absolute atomic E-state index is 11.9. The zero-order chi connectivity index (χ0) is 16.8. The van der Waals surface area contributed by atoms with Gasteiger partial charge in [0.2, 0.25) is 0 Å². The largest absolute Gasteiger partial charge is 0.490 e. The highest BCUT2D eigenvalue weighted by Crippen LogP contribution is 2.30. The van der Waals surface area contributed by atoms with Gasteiger partial charge in [0, 0.05) is 23.7 Å². The number of urea groups is 1. The molecule has 0 bridgehead atoms. The molecular formula is C18H19ClN2O3. The van der Waals surface area contributed by atoms with E-state index in [1.165, 1.54) is 0 Å². The number of benzene rings is 2. The fourth-order valence-corrected chi connectivity index (χ4v) is 2.52. The first-order valence-electron chi connectivity index (χ1n) is 7.90. The molecule has 0 unspecified atom stereocenters. The molecular weight excluding hydrogens is 328 g/mol. The van der Waals surface area contributed by atoms with Crippen LogP contribution in [0, 0.1) is 0 Å². The Kier molecular flexibility index (Phi) is 5.43. The topological polar surface area (TPSA) is 59.6 Å². The highest BCUT2D eigenvalue weighted by atomic mass is 35.5. The summed E-state index contributed by atoms with van der Waals surface area (Å²) in [7, 11) is 0. The molecule has 3 rings (SSSR count). The van der Waals surface area contributed by atoms with Gasteiger partial charge in [-0.1, -0.05) is 17.7 Å². The van der Waals surface area contributed by atoms with Crippen LogP contribution in [0.4, 0.5) is 10.5 Å². The number of anilines is 1. The molecule has 0 aliphatic carbocycles. The van der Waals surface area contributed by atoms with E-state index in [1.54, 1.807) is 24.3 Å². The van der Waals surface area contributed by atoms with Gasteiger partial charge >= 0.3 is 6.03 Å². The average molecular weight is 347 g/mol. The molecule has 2 aromatic carbocycles. The van der Waals surface area contributed by atoms with Crippen molar-refractivity contribution < 1.29 is 14.3 Å². The number of halogens is 1. The van der Waals surface area contributed by atoms with E-state index in [2.05, 4.69) is 10.6 Å². The standard InChI is InChI=1S/C18H19ClN2O3/c19-14-3-5-15(6-4-14)21-18(22)20-9-8-13-2-7-16-17(12-13)24-11-1-10-23-16/h2-7,12H,1,8-11H2,(H2,20,21,22). The summed E-state index contributed by atoms with van der Waals surface area (Å²) >= 11 is 5.81. The second-order valence-electron chi connectivity index (χ2n) is 5.47. The fourth-order valence-electron chi connectivity index (χ4n) is 2.39. The van der Waals surface area contributed by atoms with Crippen LogP contribution in [0.5, 0.6) is 11.5 Å². The van der Waals surface area contributed by atoms with E-state index < -0.39 is 0 Å². The SMILES string of the molecule is O=C(NCCc1ccc2c(c1)OCCCO2)Nc1ccc(Cl)cc1. The summed E-state index contributed by atoms with van der Waals surface area (Å²) < 4.78 is 11.3. The summed E-state index contributed by atoms with van der Waals surface area (Å²) in [5.74, 6) is 1.56. The van der Waals surface area contributed by atoms with Gasteiger partial charge in [-0.15, -0.1) is 0 Å². The smallest absolute Gasteiger partial charge is 0.319 e. The van der Waals surface area contributed by atoms with E-state index in [0.717, 1.165) is 23.5 Å². The van der Waals surface area contributed by atoms with Crippen LogP contribution in [0.25, 0.3) is 0 Å². The van der Waals surface area contributed by atoms with Gasteiger partial charge in [0.15, 0.2) is 11.5 Å². The average Bonchev–Trinajstić information content (AvgIpc) is 2.82. The first-order chi connectivity index (χ1) is 11.7. The van der Waals surface area contributed by atoms with Gasteiger partial charge in [-0.25, -0.2) is 4.79 Å². The van der Waals surface area contributed by atoms with Crippen LogP contribution in [-0.2, 0) is 6.42 Å². The Balaban J connectivity index is 1.48. The fraction of sp³-hybridized carbons (Fsp3) is 0.278. The van der Waals surface area contributed by atoms with Crippen molar-refractivity contribution in [2.75, 3.05) is 25.1 Å². The Labute approximate surface area is 145 Å². The predicted molar refractivity (Wildman–Crippen MR) is 94.2 cm³/mol. The number of amides is 2. The normalized spacial score (nSPS) is 13.0. The summed E-state index contributed by atoms with van der Waals surface area (Å²) in [5, 5.41) is 6.23. The number of rotatable bonds is 4. The summed E-state index contributed by atoms with van der Waals surface area (Å²) in [6.45, 7) is 1.87. The van der Waals surface area contributed by atoms with Gasteiger partial charge in [0.05, 0.1) is 13.2 Å². The lowest BCUT2D eigenvalue weighted by molar-refractivity contribution is 0.252. The highest BCUT2D eigenvalue weighted by Gasteiger charge is 2.10. The van der Waals surface area contributed by atoms with Crippen molar-refractivity contribution in [3.8, 4) is 11.5 Å². The summed E-state index contributed by atoms with van der Waals surface area (Å²) in [6.07, 6.45) is 1.60. The third kappa shape index (κ3) is 4.55. The van der Waals surface area contributed by atoms with E-state index in [-0.39, 0.29) is 6.03 Å². The molecule has 0 spiro atoms. The second-order valence-corrected chi connectivity index (χ2v) is 5.91. The molecule has 0 saturated carbocycles. The van der Waals surface area contributed by atoms with E-state index >= 15 is 0 Å². The molecule has 2 N–H and O–H groups in total. The van der Waals surface area contributed by atoms with Crippen molar-refractivity contribution in [3.63, 3.8) is 0 Å². The molecule has 0 atom stereocenters. The molecule has 0 radical (unpaired) electrons. The lowest BCUT2D eigenvalue weighted by Gasteiger charge is -2.10. The third-order valence-corrected chi connectivity index (χ3v) is 3.87. The van der Waals surface area contributed by atoms with Crippen molar-refractivity contribution in [1.29, 1.82) is 0 Å². The van der Waals surface area contributed by atoms with Crippen LogP contribution in [0.1, 0.15) is 12.0 Å². The lowest BCUT2D eigenvalue weighted by Crippen LogP contribution is -2.30. The predicted octanol–water partition coefficient (Wildman–Crippen LogP) is 3.87. The van der Waals surface area contributed by atoms with Crippen LogP contribution >= 0.6 is 11.6 Å². The van der Waals surface area contributed by atoms with E-state index in [0.29, 0.717) is 36.9 Å². The van der Waals surface area contributed by atoms with Crippen LogP contribution in [0.15, 0.2) is 42.5 Å². The Morgan fingerprint density at radius 3 is 2.58 bits per heavy atom. The quantitative estimate of drug-likeness (QED) is 0.883. The number of ether oxygens (including phenoxy) is 2. The summed E-state index contributed by atoms with van der Waals surface area (Å²) in [5.41, 5.74) is 1.79.